The van der Waals surface area contributed by atoms with Gasteiger partial charge in [-0.05, 0) is 31.5 Å². The van der Waals surface area contributed by atoms with Crippen LogP contribution in [0.4, 0.5) is 5.69 Å². The minimum absolute atomic E-state index is 0.170. The summed E-state index contributed by atoms with van der Waals surface area (Å²) in [6.45, 7) is 7.43. The number of hydrogen-bond acceptors (Lipinski definition) is 5. The zero-order chi connectivity index (χ0) is 19.5. The topological polar surface area (TPSA) is 65.0 Å². The first-order valence-electron chi connectivity index (χ1n) is 9.42. The van der Waals surface area contributed by atoms with Gasteiger partial charge in [0, 0.05) is 57.0 Å². The molecule has 2 fully saturated rings. The first-order valence-corrected chi connectivity index (χ1v) is 12.2. The van der Waals surface area contributed by atoms with Gasteiger partial charge in [-0.15, -0.1) is 0 Å². The summed E-state index contributed by atoms with van der Waals surface area (Å²) in [5.41, 5.74) is 2.47. The second-order valence-corrected chi connectivity index (χ2v) is 11.6. The molecule has 2 aliphatic rings. The van der Waals surface area contributed by atoms with Crippen LogP contribution >= 0.6 is 11.8 Å². The molecule has 150 valence electrons. The molecule has 2 heterocycles. The van der Waals surface area contributed by atoms with E-state index in [1.807, 2.05) is 16.7 Å². The molecule has 0 saturated carbocycles. The number of sulfone groups is 1. The Bertz CT molecular complexity index is 769. The van der Waals surface area contributed by atoms with Crippen molar-refractivity contribution >= 4 is 33.2 Å². The average Bonchev–Trinajstić information content (AvgIpc) is 2.66. The Morgan fingerprint density at radius 1 is 1.19 bits per heavy atom. The van der Waals surface area contributed by atoms with Crippen LogP contribution in [-0.2, 0) is 16.4 Å². The quantitative estimate of drug-likeness (QED) is 0.606. The number of thioether (sulfide) groups is 1. The van der Waals surface area contributed by atoms with Gasteiger partial charge in [-0.1, -0.05) is 12.1 Å². The van der Waals surface area contributed by atoms with Crippen molar-refractivity contribution in [2.45, 2.75) is 25.1 Å². The molecule has 0 bridgehead atoms. The van der Waals surface area contributed by atoms with Gasteiger partial charge in [-0.25, -0.2) is 8.42 Å². The third kappa shape index (κ3) is 4.71. The molecule has 2 aliphatic heterocycles. The van der Waals surface area contributed by atoms with E-state index in [0.717, 1.165) is 19.0 Å². The summed E-state index contributed by atoms with van der Waals surface area (Å²) in [7, 11) is -1.30. The molecule has 2 saturated heterocycles. The van der Waals surface area contributed by atoms with Crippen LogP contribution in [0.2, 0.25) is 0 Å². The fourth-order valence-electron chi connectivity index (χ4n) is 3.48. The number of anilines is 1. The maximum atomic E-state index is 12.2. The van der Waals surface area contributed by atoms with Crippen molar-refractivity contribution in [2.24, 2.45) is 4.99 Å². The number of benzene rings is 1. The summed E-state index contributed by atoms with van der Waals surface area (Å²) >= 11 is 2.02. The standard InChI is InChI=1S/C19H30N4O2S2/c1-19(2)15-23(10-13-27(19,24)25)18(20-3)21-14-16-4-6-17(7-5-16)22-8-11-26-12-9-22/h4-7H,8-15H2,1-3H3,(H,20,21). The summed E-state index contributed by atoms with van der Waals surface area (Å²) in [4.78, 5) is 8.83. The van der Waals surface area contributed by atoms with Crippen LogP contribution in [-0.4, -0.2) is 74.5 Å². The van der Waals surface area contributed by atoms with Crippen LogP contribution in [0, 0.1) is 0 Å². The van der Waals surface area contributed by atoms with Crippen molar-refractivity contribution in [2.75, 3.05) is 55.4 Å². The third-order valence-electron chi connectivity index (χ3n) is 5.32. The first kappa shape index (κ1) is 20.3. The highest BCUT2D eigenvalue weighted by atomic mass is 32.2. The molecule has 3 rings (SSSR count). The highest BCUT2D eigenvalue weighted by Crippen LogP contribution is 2.24. The Labute approximate surface area is 167 Å². The first-order chi connectivity index (χ1) is 12.8. The van der Waals surface area contributed by atoms with E-state index in [9.17, 15) is 8.42 Å². The zero-order valence-electron chi connectivity index (χ0n) is 16.4. The Morgan fingerprint density at radius 2 is 1.85 bits per heavy atom. The zero-order valence-corrected chi connectivity index (χ0v) is 18.1. The summed E-state index contributed by atoms with van der Waals surface area (Å²) in [6, 6.07) is 8.68. The Kier molecular flexibility index (Phi) is 6.25. The van der Waals surface area contributed by atoms with Crippen LogP contribution in [0.25, 0.3) is 0 Å². The highest BCUT2D eigenvalue weighted by molar-refractivity contribution is 7.99. The number of hydrogen-bond donors (Lipinski definition) is 1. The fourth-order valence-corrected chi connectivity index (χ4v) is 5.75. The van der Waals surface area contributed by atoms with Crippen LogP contribution in [0.5, 0.6) is 0 Å². The van der Waals surface area contributed by atoms with Gasteiger partial charge in [-0.2, -0.15) is 11.8 Å². The lowest BCUT2D eigenvalue weighted by Crippen LogP contribution is -2.57. The van der Waals surface area contributed by atoms with E-state index in [0.29, 0.717) is 19.6 Å². The third-order valence-corrected chi connectivity index (χ3v) is 8.79. The number of nitrogens with zero attached hydrogens (tertiary/aromatic N) is 3. The second kappa shape index (κ2) is 8.31. The number of guanidine groups is 1. The van der Waals surface area contributed by atoms with Gasteiger partial charge >= 0.3 is 0 Å². The molecule has 0 aliphatic carbocycles. The van der Waals surface area contributed by atoms with E-state index in [2.05, 4.69) is 39.5 Å². The molecule has 1 N–H and O–H groups in total. The normalized spacial score (nSPS) is 22.6. The van der Waals surface area contributed by atoms with Gasteiger partial charge in [-0.3, -0.25) is 4.99 Å². The van der Waals surface area contributed by atoms with E-state index in [1.165, 1.54) is 22.8 Å². The van der Waals surface area contributed by atoms with E-state index in [4.69, 9.17) is 0 Å². The molecule has 1 aromatic carbocycles. The van der Waals surface area contributed by atoms with E-state index in [-0.39, 0.29) is 5.75 Å². The minimum Gasteiger partial charge on any atom is -0.370 e. The van der Waals surface area contributed by atoms with Gasteiger partial charge < -0.3 is 15.1 Å². The molecule has 0 amide bonds. The van der Waals surface area contributed by atoms with Crippen molar-refractivity contribution in [3.8, 4) is 0 Å². The van der Waals surface area contributed by atoms with E-state index >= 15 is 0 Å². The van der Waals surface area contributed by atoms with Gasteiger partial charge in [0.25, 0.3) is 0 Å². The SMILES string of the molecule is CN=C(NCc1ccc(N2CCSCC2)cc1)N1CCS(=O)(=O)C(C)(C)C1. The van der Waals surface area contributed by atoms with Gasteiger partial charge in [0.1, 0.15) is 0 Å². The lowest BCUT2D eigenvalue weighted by atomic mass is 10.2. The average molecular weight is 411 g/mol. The van der Waals surface area contributed by atoms with Crippen LogP contribution in [0.1, 0.15) is 19.4 Å². The Balaban J connectivity index is 1.58. The van der Waals surface area contributed by atoms with E-state index < -0.39 is 14.6 Å². The Hall–Kier alpha value is -1.41. The van der Waals surface area contributed by atoms with Crippen molar-refractivity contribution in [1.29, 1.82) is 0 Å². The Morgan fingerprint density at radius 3 is 2.44 bits per heavy atom. The molecular formula is C19H30N4O2S2. The number of nitrogens with one attached hydrogen (secondary N) is 1. The van der Waals surface area contributed by atoms with Crippen molar-refractivity contribution in [3.63, 3.8) is 0 Å². The fraction of sp³-hybridized carbons (Fsp3) is 0.632. The second-order valence-electron chi connectivity index (χ2n) is 7.67. The minimum atomic E-state index is -3.05. The lowest BCUT2D eigenvalue weighted by molar-refractivity contribution is 0.353. The predicted molar refractivity (Wildman–Crippen MR) is 116 cm³/mol. The highest BCUT2D eigenvalue weighted by Gasteiger charge is 2.40. The summed E-state index contributed by atoms with van der Waals surface area (Å²) in [5, 5.41) is 3.38. The molecule has 0 spiro atoms. The molecular weight excluding hydrogens is 380 g/mol. The van der Waals surface area contributed by atoms with Crippen molar-refractivity contribution in [3.05, 3.63) is 29.8 Å². The van der Waals surface area contributed by atoms with Crippen molar-refractivity contribution < 1.29 is 8.42 Å². The van der Waals surface area contributed by atoms with Crippen LogP contribution in [0.15, 0.2) is 29.3 Å². The number of rotatable bonds is 3. The maximum Gasteiger partial charge on any atom is 0.193 e. The van der Waals surface area contributed by atoms with Crippen LogP contribution in [0.3, 0.4) is 0 Å². The molecule has 0 atom stereocenters. The van der Waals surface area contributed by atoms with E-state index in [1.54, 1.807) is 20.9 Å². The number of aliphatic imine (C=N–C) groups is 1. The van der Waals surface area contributed by atoms with Gasteiger partial charge in [0.2, 0.25) is 0 Å². The molecule has 1 aromatic rings. The molecule has 0 radical (unpaired) electrons. The summed E-state index contributed by atoms with van der Waals surface area (Å²) < 4.78 is 23.7. The van der Waals surface area contributed by atoms with Gasteiger partial charge in [0.15, 0.2) is 15.8 Å². The maximum absolute atomic E-state index is 12.2. The molecule has 8 heteroatoms. The van der Waals surface area contributed by atoms with Gasteiger partial charge in [0.05, 0.1) is 10.5 Å². The lowest BCUT2D eigenvalue weighted by Gasteiger charge is -2.39. The monoisotopic (exact) mass is 410 g/mol. The molecule has 6 nitrogen and oxygen atoms in total. The molecule has 0 aromatic heterocycles. The largest absolute Gasteiger partial charge is 0.370 e. The smallest absolute Gasteiger partial charge is 0.193 e. The van der Waals surface area contributed by atoms with Crippen molar-refractivity contribution in [1.82, 2.24) is 10.2 Å². The predicted octanol–water partition coefficient (Wildman–Crippen LogP) is 1.82. The van der Waals surface area contributed by atoms with Crippen LogP contribution < -0.4 is 10.2 Å². The summed E-state index contributed by atoms with van der Waals surface area (Å²) in [5.74, 6) is 3.32. The summed E-state index contributed by atoms with van der Waals surface area (Å²) in [6.07, 6.45) is 0. The molecule has 0 unspecified atom stereocenters. The molecule has 27 heavy (non-hydrogen) atoms.